The molecule has 0 amide bonds. The fraction of sp³-hybridized carbons (Fsp3) is 0.704. The summed E-state index contributed by atoms with van der Waals surface area (Å²) in [5, 5.41) is 8.44. The van der Waals surface area contributed by atoms with Crippen molar-refractivity contribution >= 4 is 11.9 Å². The summed E-state index contributed by atoms with van der Waals surface area (Å²) in [6.07, 6.45) is 21.5. The highest BCUT2D eigenvalue weighted by Crippen LogP contribution is 2.40. The van der Waals surface area contributed by atoms with Crippen LogP contribution in [0.25, 0.3) is 0 Å². The molecule has 1 saturated heterocycles. The Balaban J connectivity index is 0.000000439. The summed E-state index contributed by atoms with van der Waals surface area (Å²) in [7, 11) is 0. The van der Waals surface area contributed by atoms with E-state index in [4.69, 9.17) is 9.84 Å². The van der Waals surface area contributed by atoms with Crippen LogP contribution in [0.2, 0.25) is 0 Å². The molecule has 4 heteroatoms. The maximum atomic E-state index is 10.5. The van der Waals surface area contributed by atoms with Gasteiger partial charge in [-0.3, -0.25) is 9.59 Å². The zero-order valence-corrected chi connectivity index (χ0v) is 20.7. The summed E-state index contributed by atoms with van der Waals surface area (Å²) in [4.78, 5) is 20.7. The first kappa shape index (κ1) is 29.0. The first-order valence-electron chi connectivity index (χ1n) is 11.6. The lowest BCUT2D eigenvalue weighted by Crippen LogP contribution is -2.26. The maximum Gasteiger partial charge on any atom is 0.309 e. The van der Waals surface area contributed by atoms with Gasteiger partial charge < -0.3 is 9.84 Å². The Morgan fingerprint density at radius 3 is 2.19 bits per heavy atom. The second-order valence-electron chi connectivity index (χ2n) is 9.64. The molecule has 3 rings (SSSR count). The molecule has 0 bridgehead atoms. The Hall–Kier alpha value is -2.02. The number of carboxylic acid groups (broad SMARTS) is 1. The Kier molecular flexibility index (Phi) is 13.2. The molecule has 2 aliphatic carbocycles. The van der Waals surface area contributed by atoms with E-state index in [-0.39, 0.29) is 12.1 Å². The molecule has 0 spiro atoms. The van der Waals surface area contributed by atoms with Crippen LogP contribution in [0.1, 0.15) is 87.0 Å². The third-order valence-electron chi connectivity index (χ3n) is 6.68. The monoisotopic (exact) mass is 432 g/mol. The van der Waals surface area contributed by atoms with E-state index in [9.17, 15) is 9.59 Å². The SMILES string of the molecule is C#C.CCC(C)(C)C(=O)O.C[C@@H]1CCCC(=O)O1.C[C@H]1[C@@H](C)C=CC2=C[C@H](C)CC[C@@H]21. The average Bonchev–Trinajstić information content (AvgIpc) is 2.73. The predicted octanol–water partition coefficient (Wildman–Crippen LogP) is 6.66. The number of cyclic esters (lactones) is 1. The summed E-state index contributed by atoms with van der Waals surface area (Å²) >= 11 is 0. The molecule has 5 atom stereocenters. The van der Waals surface area contributed by atoms with E-state index < -0.39 is 11.4 Å². The molecule has 1 aliphatic heterocycles. The lowest BCUT2D eigenvalue weighted by Gasteiger charge is -2.36. The molecule has 31 heavy (non-hydrogen) atoms. The summed E-state index contributed by atoms with van der Waals surface area (Å²) in [6, 6.07) is 0. The fourth-order valence-corrected chi connectivity index (χ4v) is 3.72. The van der Waals surface area contributed by atoms with Crippen molar-refractivity contribution in [1.29, 1.82) is 0 Å². The molecule has 1 heterocycles. The average molecular weight is 433 g/mol. The highest BCUT2D eigenvalue weighted by Gasteiger charge is 2.29. The van der Waals surface area contributed by atoms with Gasteiger partial charge in [0.15, 0.2) is 0 Å². The van der Waals surface area contributed by atoms with Crippen LogP contribution >= 0.6 is 0 Å². The van der Waals surface area contributed by atoms with Crippen LogP contribution in [-0.4, -0.2) is 23.1 Å². The number of carbonyl (C=O) groups is 2. The smallest absolute Gasteiger partial charge is 0.309 e. The third kappa shape index (κ3) is 10.2. The molecule has 0 unspecified atom stereocenters. The molecule has 0 radical (unpaired) electrons. The van der Waals surface area contributed by atoms with Gasteiger partial charge in [-0.15, -0.1) is 12.8 Å². The number of rotatable bonds is 2. The van der Waals surface area contributed by atoms with Crippen LogP contribution in [-0.2, 0) is 14.3 Å². The Morgan fingerprint density at radius 2 is 1.77 bits per heavy atom. The maximum absolute atomic E-state index is 10.5. The Morgan fingerprint density at radius 1 is 1.16 bits per heavy atom. The lowest BCUT2D eigenvalue weighted by atomic mass is 9.69. The zero-order chi connectivity index (χ0) is 24.2. The minimum Gasteiger partial charge on any atom is -0.481 e. The number of ether oxygens (including phenoxy) is 1. The molecule has 176 valence electrons. The summed E-state index contributed by atoms with van der Waals surface area (Å²) < 4.78 is 4.85. The number of fused-ring (bicyclic) bond motifs is 1. The van der Waals surface area contributed by atoms with Crippen molar-refractivity contribution in [1.82, 2.24) is 0 Å². The topological polar surface area (TPSA) is 63.6 Å². The molecular weight excluding hydrogens is 388 g/mol. The van der Waals surface area contributed by atoms with Crippen LogP contribution in [0.5, 0.6) is 0 Å². The predicted molar refractivity (Wildman–Crippen MR) is 128 cm³/mol. The highest BCUT2D eigenvalue weighted by molar-refractivity contribution is 5.73. The van der Waals surface area contributed by atoms with Crippen molar-refractivity contribution in [3.05, 3.63) is 23.8 Å². The minimum atomic E-state index is -0.722. The molecule has 4 nitrogen and oxygen atoms in total. The third-order valence-corrected chi connectivity index (χ3v) is 6.68. The second-order valence-corrected chi connectivity index (χ2v) is 9.64. The Bertz CT molecular complexity index is 641. The van der Waals surface area contributed by atoms with Gasteiger partial charge in [-0.25, -0.2) is 0 Å². The molecule has 0 aromatic rings. The van der Waals surface area contributed by atoms with Gasteiger partial charge in [-0.05, 0) is 82.1 Å². The van der Waals surface area contributed by atoms with Gasteiger partial charge in [-0.2, -0.15) is 0 Å². The van der Waals surface area contributed by atoms with Gasteiger partial charge in [0.2, 0.25) is 0 Å². The quantitative estimate of drug-likeness (QED) is 0.391. The fourth-order valence-electron chi connectivity index (χ4n) is 3.72. The van der Waals surface area contributed by atoms with E-state index in [2.05, 4.69) is 51.8 Å². The van der Waals surface area contributed by atoms with Gasteiger partial charge in [0.25, 0.3) is 0 Å². The molecule has 1 N–H and O–H groups in total. The minimum absolute atomic E-state index is 0.0382. The molecule has 1 fully saturated rings. The van der Waals surface area contributed by atoms with E-state index in [1.165, 1.54) is 12.8 Å². The van der Waals surface area contributed by atoms with Gasteiger partial charge in [0, 0.05) is 6.42 Å². The van der Waals surface area contributed by atoms with Crippen molar-refractivity contribution in [3.8, 4) is 12.8 Å². The molecule has 3 aliphatic rings. The van der Waals surface area contributed by atoms with Crippen LogP contribution in [0.15, 0.2) is 23.8 Å². The molecule has 0 aromatic heterocycles. The number of carboxylic acids is 1. The van der Waals surface area contributed by atoms with Crippen molar-refractivity contribution in [2.45, 2.75) is 93.1 Å². The largest absolute Gasteiger partial charge is 0.481 e. The van der Waals surface area contributed by atoms with Crippen LogP contribution < -0.4 is 0 Å². The van der Waals surface area contributed by atoms with E-state index in [0.717, 1.165) is 36.5 Å². The number of aliphatic carboxylic acids is 1. The standard InChI is InChI=1S/C13H20.C6H10O2.C6H12O2.C2H2/c1-9-4-7-13-11(3)10(2)5-6-12(13)8-9;1-5-3-2-4-6(7)8-5;1-4-6(2,3)5(7)8;1-2/h5-6,8-11,13H,4,7H2,1-3H3;5H,2-4H2,1H3;4H2,1-3H3,(H,7,8);1-2H/t9-,10+,11+,13-;5-;;/m11../s1. The van der Waals surface area contributed by atoms with Crippen molar-refractivity contribution in [3.63, 3.8) is 0 Å². The number of carbonyl (C=O) groups excluding carboxylic acids is 1. The second kappa shape index (κ2) is 14.1. The normalized spacial score (nSPS) is 29.1. The Labute approximate surface area is 190 Å². The molecular formula is C27H44O4. The van der Waals surface area contributed by atoms with E-state index in [1.54, 1.807) is 19.4 Å². The molecule has 0 aromatic carbocycles. The lowest BCUT2D eigenvalue weighted by molar-refractivity contribution is -0.152. The highest BCUT2D eigenvalue weighted by atomic mass is 16.5. The number of hydrogen-bond acceptors (Lipinski definition) is 3. The van der Waals surface area contributed by atoms with Crippen molar-refractivity contribution in [2.75, 3.05) is 0 Å². The zero-order valence-electron chi connectivity index (χ0n) is 20.7. The van der Waals surface area contributed by atoms with Gasteiger partial charge in [0.1, 0.15) is 0 Å². The van der Waals surface area contributed by atoms with E-state index >= 15 is 0 Å². The van der Waals surface area contributed by atoms with Crippen molar-refractivity contribution < 1.29 is 19.4 Å². The first-order chi connectivity index (χ1) is 14.5. The number of terminal acetylenes is 1. The van der Waals surface area contributed by atoms with E-state index in [0.29, 0.717) is 12.8 Å². The van der Waals surface area contributed by atoms with Crippen LogP contribution in [0.4, 0.5) is 0 Å². The summed E-state index contributed by atoms with van der Waals surface area (Å²) in [5.74, 6) is 2.52. The van der Waals surface area contributed by atoms with Crippen molar-refractivity contribution in [2.24, 2.45) is 29.1 Å². The summed E-state index contributed by atoms with van der Waals surface area (Å²) in [5.41, 5.74) is 1.07. The van der Waals surface area contributed by atoms with Gasteiger partial charge in [-0.1, -0.05) is 45.9 Å². The van der Waals surface area contributed by atoms with E-state index in [1.807, 2.05) is 13.8 Å². The van der Waals surface area contributed by atoms with Crippen LogP contribution in [0.3, 0.4) is 0 Å². The van der Waals surface area contributed by atoms with Crippen LogP contribution in [0, 0.1) is 41.9 Å². The summed E-state index contributed by atoms with van der Waals surface area (Å²) in [6.45, 7) is 14.3. The van der Waals surface area contributed by atoms with Gasteiger partial charge >= 0.3 is 11.9 Å². The number of esters is 1. The van der Waals surface area contributed by atoms with Gasteiger partial charge in [0.05, 0.1) is 11.5 Å². The first-order valence-corrected chi connectivity index (χ1v) is 11.6. The number of hydrogen-bond donors (Lipinski definition) is 1. The molecule has 0 saturated carbocycles. The number of allylic oxidation sites excluding steroid dienone is 4.